The highest BCUT2D eigenvalue weighted by Gasteiger charge is 2.14. The van der Waals surface area contributed by atoms with Crippen molar-refractivity contribution in [3.8, 4) is 5.75 Å². The molecule has 0 saturated heterocycles. The molecule has 0 spiro atoms. The second-order valence-electron chi connectivity index (χ2n) is 9.18. The van der Waals surface area contributed by atoms with Gasteiger partial charge in [-0.25, -0.2) is 0 Å². The molecule has 0 unspecified atom stereocenters. The van der Waals surface area contributed by atoms with E-state index in [0.717, 1.165) is 16.8 Å². The molecule has 0 bridgehead atoms. The van der Waals surface area contributed by atoms with E-state index in [9.17, 15) is 18.1 Å². The van der Waals surface area contributed by atoms with Gasteiger partial charge in [-0.2, -0.15) is 23.8 Å². The molecule has 11 heteroatoms. The molecule has 0 heterocycles. The lowest BCUT2D eigenvalue weighted by Crippen LogP contribution is -1.97. The summed E-state index contributed by atoms with van der Waals surface area (Å²) in [6.07, 6.45) is 0. The molecule has 2 N–H and O–H groups in total. The Morgan fingerprint density at radius 1 is 0.561 bits per heavy atom. The van der Waals surface area contributed by atoms with Crippen LogP contribution < -0.4 is 0 Å². The van der Waals surface area contributed by atoms with E-state index in [1.54, 1.807) is 42.5 Å². The molecule has 5 aromatic rings. The van der Waals surface area contributed by atoms with Crippen LogP contribution in [-0.4, -0.2) is 18.1 Å². The molecule has 0 saturated carbocycles. The van der Waals surface area contributed by atoms with Crippen LogP contribution in [0.15, 0.2) is 133 Å². The molecule has 204 valence electrons. The quantitative estimate of drug-likeness (QED) is 0.149. The Morgan fingerprint density at radius 2 is 1.17 bits per heavy atom. The van der Waals surface area contributed by atoms with Crippen molar-refractivity contribution in [2.75, 3.05) is 0 Å². The van der Waals surface area contributed by atoms with Crippen molar-refractivity contribution in [3.05, 3.63) is 108 Å². The van der Waals surface area contributed by atoms with Crippen molar-refractivity contribution in [1.29, 1.82) is 0 Å². The van der Waals surface area contributed by atoms with E-state index in [0.29, 0.717) is 33.5 Å². The molecule has 41 heavy (non-hydrogen) atoms. The zero-order chi connectivity index (χ0) is 29.0. The van der Waals surface area contributed by atoms with Gasteiger partial charge in [0.05, 0.1) is 33.3 Å². The number of fused-ring (bicyclic) bond motifs is 1. The second-order valence-corrected chi connectivity index (χ2v) is 10.6. The Bertz CT molecular complexity index is 1960. The standard InChI is InChI=1S/C30H24N6O4S/c1-19-8-12-29(30(37)16-19)36-35-27-14-15-28(25-18-23(41(38,39)40)10-11-24(25)27)34-32-22-9-13-26(20(2)17-22)33-31-21-6-4-3-5-7-21/h3-18,37H,1-2H3,(H,38,39,40). The van der Waals surface area contributed by atoms with Crippen LogP contribution in [0.1, 0.15) is 11.1 Å². The summed E-state index contributed by atoms with van der Waals surface area (Å²) in [5, 5.41) is 36.7. The Hall–Kier alpha value is -5.13. The van der Waals surface area contributed by atoms with Crippen LogP contribution in [0.3, 0.4) is 0 Å². The third-order valence-electron chi connectivity index (χ3n) is 6.12. The van der Waals surface area contributed by atoms with Crippen LogP contribution in [-0.2, 0) is 10.1 Å². The Balaban J connectivity index is 1.49. The van der Waals surface area contributed by atoms with Crippen molar-refractivity contribution in [2.24, 2.45) is 30.7 Å². The van der Waals surface area contributed by atoms with Gasteiger partial charge < -0.3 is 5.11 Å². The summed E-state index contributed by atoms with van der Waals surface area (Å²) >= 11 is 0. The lowest BCUT2D eigenvalue weighted by Gasteiger charge is -2.07. The van der Waals surface area contributed by atoms with Crippen LogP contribution in [0.2, 0.25) is 0 Å². The molecule has 10 nitrogen and oxygen atoms in total. The predicted molar refractivity (Wildman–Crippen MR) is 157 cm³/mol. The van der Waals surface area contributed by atoms with Gasteiger partial charge in [0.25, 0.3) is 10.1 Å². The van der Waals surface area contributed by atoms with Gasteiger partial charge in [-0.3, -0.25) is 4.55 Å². The minimum absolute atomic E-state index is 0.0139. The molecule has 5 rings (SSSR count). The molecule has 0 aliphatic heterocycles. The maximum absolute atomic E-state index is 11.9. The average molecular weight is 565 g/mol. The topological polar surface area (TPSA) is 149 Å². The van der Waals surface area contributed by atoms with Gasteiger partial charge in [0, 0.05) is 10.8 Å². The highest BCUT2D eigenvalue weighted by Crippen LogP contribution is 2.38. The molecule has 0 aromatic heterocycles. The summed E-state index contributed by atoms with van der Waals surface area (Å²) in [4.78, 5) is -0.296. The maximum atomic E-state index is 11.9. The van der Waals surface area contributed by atoms with Gasteiger partial charge in [0.2, 0.25) is 0 Å². The van der Waals surface area contributed by atoms with E-state index in [1.165, 1.54) is 18.2 Å². The minimum Gasteiger partial charge on any atom is -0.506 e. The van der Waals surface area contributed by atoms with Crippen molar-refractivity contribution < 1.29 is 18.1 Å². The molecule has 0 fully saturated rings. The minimum atomic E-state index is -4.47. The number of aromatic hydroxyl groups is 1. The molecule has 0 radical (unpaired) electrons. The summed E-state index contributed by atoms with van der Waals surface area (Å²) < 4.78 is 33.3. The highest BCUT2D eigenvalue weighted by atomic mass is 32.2. The summed E-state index contributed by atoms with van der Waals surface area (Å²) in [6.45, 7) is 3.73. The first kappa shape index (κ1) is 27.4. The number of phenols is 1. The van der Waals surface area contributed by atoms with E-state index >= 15 is 0 Å². The SMILES string of the molecule is Cc1ccc(N=Nc2ccc(N=Nc3ccc(N=Nc4ccccc4)c(C)c3)c3cc(S(=O)(=O)O)ccc23)c(O)c1. The largest absolute Gasteiger partial charge is 0.506 e. The van der Waals surface area contributed by atoms with Crippen molar-refractivity contribution >= 4 is 55.0 Å². The van der Waals surface area contributed by atoms with Gasteiger partial charge in [0.1, 0.15) is 11.4 Å². The van der Waals surface area contributed by atoms with E-state index in [4.69, 9.17) is 0 Å². The van der Waals surface area contributed by atoms with E-state index in [-0.39, 0.29) is 16.3 Å². The summed E-state index contributed by atoms with van der Waals surface area (Å²) in [5.74, 6) is -0.0139. The average Bonchev–Trinajstić information content (AvgIpc) is 2.95. The number of hydrogen-bond donors (Lipinski definition) is 2. The van der Waals surface area contributed by atoms with Gasteiger partial charge in [-0.05, 0) is 91.7 Å². The first-order valence-corrected chi connectivity index (χ1v) is 13.9. The van der Waals surface area contributed by atoms with Gasteiger partial charge in [0.15, 0.2) is 0 Å². The maximum Gasteiger partial charge on any atom is 0.294 e. The molecule has 0 aliphatic rings. The Labute approximate surface area is 236 Å². The summed E-state index contributed by atoms with van der Waals surface area (Å²) in [5.41, 5.74) is 4.74. The molecule has 5 aromatic carbocycles. The first-order valence-electron chi connectivity index (χ1n) is 12.4. The number of aryl methyl sites for hydroxylation is 2. The van der Waals surface area contributed by atoms with Crippen LogP contribution in [0, 0.1) is 13.8 Å². The predicted octanol–water partition coefficient (Wildman–Crippen LogP) is 9.66. The first-order chi connectivity index (χ1) is 19.7. The number of azo groups is 3. The van der Waals surface area contributed by atoms with E-state index in [2.05, 4.69) is 30.7 Å². The highest BCUT2D eigenvalue weighted by molar-refractivity contribution is 7.85. The zero-order valence-electron chi connectivity index (χ0n) is 22.0. The smallest absolute Gasteiger partial charge is 0.294 e. The van der Waals surface area contributed by atoms with Crippen molar-refractivity contribution in [1.82, 2.24) is 0 Å². The summed E-state index contributed by atoms with van der Waals surface area (Å²) in [7, 11) is -4.47. The lowest BCUT2D eigenvalue weighted by atomic mass is 10.1. The van der Waals surface area contributed by atoms with Crippen LogP contribution in [0.25, 0.3) is 10.8 Å². The van der Waals surface area contributed by atoms with Crippen molar-refractivity contribution in [3.63, 3.8) is 0 Å². The Kier molecular flexibility index (Phi) is 7.72. The molecular formula is C30H24N6O4S. The Morgan fingerprint density at radius 3 is 1.88 bits per heavy atom. The van der Waals surface area contributed by atoms with E-state index < -0.39 is 10.1 Å². The van der Waals surface area contributed by atoms with Crippen molar-refractivity contribution in [2.45, 2.75) is 18.7 Å². The molecule has 0 aliphatic carbocycles. The third-order valence-corrected chi connectivity index (χ3v) is 6.97. The zero-order valence-corrected chi connectivity index (χ0v) is 22.9. The second kappa shape index (κ2) is 11.5. The fourth-order valence-electron chi connectivity index (χ4n) is 3.99. The van der Waals surface area contributed by atoms with Gasteiger partial charge in [-0.1, -0.05) is 30.3 Å². The lowest BCUT2D eigenvalue weighted by molar-refractivity contribution is 0.476. The van der Waals surface area contributed by atoms with Gasteiger partial charge in [-0.15, -0.1) is 15.3 Å². The molecular weight excluding hydrogens is 540 g/mol. The molecule has 0 amide bonds. The monoisotopic (exact) mass is 564 g/mol. The number of rotatable bonds is 7. The molecule has 0 atom stereocenters. The fraction of sp³-hybridized carbons (Fsp3) is 0.0667. The number of phenolic OH excluding ortho intramolecular Hbond substituents is 1. The summed E-state index contributed by atoms with van der Waals surface area (Å²) in [6, 6.07) is 27.1. The van der Waals surface area contributed by atoms with Gasteiger partial charge >= 0.3 is 0 Å². The van der Waals surface area contributed by atoms with E-state index in [1.807, 2.05) is 50.2 Å². The van der Waals surface area contributed by atoms with Crippen LogP contribution in [0.5, 0.6) is 5.75 Å². The number of benzene rings is 5. The van der Waals surface area contributed by atoms with Crippen LogP contribution in [0.4, 0.5) is 34.1 Å². The normalized spacial score (nSPS) is 12.3. The number of nitrogens with zero attached hydrogens (tertiary/aromatic N) is 6. The fourth-order valence-corrected chi connectivity index (χ4v) is 4.50. The third kappa shape index (κ3) is 6.55. The number of hydrogen-bond acceptors (Lipinski definition) is 9. The van der Waals surface area contributed by atoms with Crippen LogP contribution >= 0.6 is 0 Å².